The van der Waals surface area contributed by atoms with Gasteiger partial charge in [0.05, 0.1) is 0 Å². The number of hydrogen-bond donors (Lipinski definition) is 1. The number of ether oxygens (including phenoxy) is 1. The third-order valence-electron chi connectivity index (χ3n) is 2.46. The highest BCUT2D eigenvalue weighted by Crippen LogP contribution is 2.09. The lowest BCUT2D eigenvalue weighted by Crippen LogP contribution is -2.46. The highest BCUT2D eigenvalue weighted by atomic mass is 16.5. The molecule has 2 N–H and O–H groups in total. The second-order valence-electron chi connectivity index (χ2n) is 3.69. The molecule has 1 unspecified atom stereocenters. The summed E-state index contributed by atoms with van der Waals surface area (Å²) in [6, 6.07) is 0.166. The summed E-state index contributed by atoms with van der Waals surface area (Å²) in [5.74, 6) is 0.239. The van der Waals surface area contributed by atoms with Crippen molar-refractivity contribution in [2.45, 2.75) is 32.2 Å². The quantitative estimate of drug-likeness (QED) is 0.652. The first kappa shape index (κ1) is 11.5. The lowest BCUT2D eigenvalue weighted by Gasteiger charge is -2.30. The number of nitrogens with zero attached hydrogens (tertiary/aromatic N) is 1. The minimum Gasteiger partial charge on any atom is -0.382 e. The lowest BCUT2D eigenvalue weighted by atomic mass is 10.1. The number of likely N-dealkylation sites (tertiary alicyclic amines) is 1. The van der Waals surface area contributed by atoms with Gasteiger partial charge >= 0.3 is 0 Å². The number of nitrogens with two attached hydrogens (primary N) is 1. The minimum atomic E-state index is 0.166. The number of carbonyl (C=O) groups excluding carboxylic acids is 1. The second kappa shape index (κ2) is 5.98. The van der Waals surface area contributed by atoms with Crippen LogP contribution in [0.3, 0.4) is 0 Å². The lowest BCUT2D eigenvalue weighted by molar-refractivity contribution is -0.133. The van der Waals surface area contributed by atoms with E-state index in [2.05, 4.69) is 0 Å². The van der Waals surface area contributed by atoms with Crippen molar-refractivity contribution in [1.82, 2.24) is 4.90 Å². The molecule has 1 aliphatic rings. The van der Waals surface area contributed by atoms with Crippen molar-refractivity contribution in [2.24, 2.45) is 5.73 Å². The molecule has 1 rings (SSSR count). The fraction of sp³-hybridized carbons (Fsp3) is 0.900. The standard InChI is InChI=1S/C10H20N2O2/c1-2-14-7-3-6-12-8-9(11)4-5-10(12)13/h9H,2-8,11H2,1H3. The third-order valence-corrected chi connectivity index (χ3v) is 2.46. The molecule has 1 heterocycles. The van der Waals surface area contributed by atoms with Crippen molar-refractivity contribution >= 4 is 5.91 Å². The molecule has 4 heteroatoms. The maximum atomic E-state index is 11.4. The van der Waals surface area contributed by atoms with Crippen LogP contribution in [-0.4, -0.2) is 43.2 Å². The van der Waals surface area contributed by atoms with E-state index in [4.69, 9.17) is 10.5 Å². The Morgan fingerprint density at radius 1 is 1.64 bits per heavy atom. The Hall–Kier alpha value is -0.610. The summed E-state index contributed by atoms with van der Waals surface area (Å²) >= 11 is 0. The molecule has 0 bridgehead atoms. The molecule has 0 aromatic heterocycles. The Balaban J connectivity index is 2.17. The van der Waals surface area contributed by atoms with Crippen LogP contribution in [0.4, 0.5) is 0 Å². The number of hydrogen-bond acceptors (Lipinski definition) is 3. The van der Waals surface area contributed by atoms with Crippen molar-refractivity contribution in [2.75, 3.05) is 26.3 Å². The highest BCUT2D eigenvalue weighted by molar-refractivity contribution is 5.77. The Bertz CT molecular complexity index is 185. The van der Waals surface area contributed by atoms with Gasteiger partial charge in [-0.2, -0.15) is 0 Å². The molecule has 1 aliphatic heterocycles. The van der Waals surface area contributed by atoms with Gasteiger partial charge in [0.15, 0.2) is 0 Å². The van der Waals surface area contributed by atoms with Gasteiger partial charge in [-0.15, -0.1) is 0 Å². The molecule has 0 saturated carbocycles. The summed E-state index contributed by atoms with van der Waals surface area (Å²) in [6.45, 7) is 4.95. The Morgan fingerprint density at radius 2 is 2.43 bits per heavy atom. The molecule has 82 valence electrons. The molecule has 0 radical (unpaired) electrons. The van der Waals surface area contributed by atoms with Crippen molar-refractivity contribution in [3.8, 4) is 0 Å². The fourth-order valence-electron chi connectivity index (χ4n) is 1.66. The van der Waals surface area contributed by atoms with E-state index in [1.54, 1.807) is 0 Å². The van der Waals surface area contributed by atoms with Crippen LogP contribution in [0.2, 0.25) is 0 Å². The minimum absolute atomic E-state index is 0.166. The van der Waals surface area contributed by atoms with E-state index >= 15 is 0 Å². The van der Waals surface area contributed by atoms with Crippen LogP contribution in [0.1, 0.15) is 26.2 Å². The van der Waals surface area contributed by atoms with Crippen LogP contribution in [0.15, 0.2) is 0 Å². The molecule has 1 atom stereocenters. The molecule has 0 spiro atoms. The van der Waals surface area contributed by atoms with Gasteiger partial charge in [0, 0.05) is 38.8 Å². The Morgan fingerprint density at radius 3 is 3.14 bits per heavy atom. The molecular weight excluding hydrogens is 180 g/mol. The first-order chi connectivity index (χ1) is 6.74. The van der Waals surface area contributed by atoms with E-state index in [9.17, 15) is 4.79 Å². The number of carbonyl (C=O) groups is 1. The molecule has 0 aromatic rings. The number of piperidine rings is 1. The second-order valence-corrected chi connectivity index (χ2v) is 3.69. The molecule has 0 aliphatic carbocycles. The van der Waals surface area contributed by atoms with E-state index in [1.165, 1.54) is 0 Å². The largest absolute Gasteiger partial charge is 0.382 e. The summed E-state index contributed by atoms with van der Waals surface area (Å²) in [6.07, 6.45) is 2.35. The van der Waals surface area contributed by atoms with E-state index in [-0.39, 0.29) is 11.9 Å². The highest BCUT2D eigenvalue weighted by Gasteiger charge is 2.22. The topological polar surface area (TPSA) is 55.6 Å². The van der Waals surface area contributed by atoms with Gasteiger partial charge in [-0.3, -0.25) is 4.79 Å². The zero-order chi connectivity index (χ0) is 10.4. The smallest absolute Gasteiger partial charge is 0.222 e. The predicted molar refractivity (Wildman–Crippen MR) is 54.9 cm³/mol. The molecule has 4 nitrogen and oxygen atoms in total. The van der Waals surface area contributed by atoms with E-state index in [1.807, 2.05) is 11.8 Å². The van der Waals surface area contributed by atoms with Crippen LogP contribution in [0.5, 0.6) is 0 Å². The molecule has 1 amide bonds. The Kier molecular flexibility index (Phi) is 4.90. The van der Waals surface area contributed by atoms with Crippen LogP contribution < -0.4 is 5.73 Å². The van der Waals surface area contributed by atoms with Gasteiger partial charge in [-0.05, 0) is 19.8 Å². The van der Waals surface area contributed by atoms with Crippen LogP contribution in [-0.2, 0) is 9.53 Å². The monoisotopic (exact) mass is 200 g/mol. The summed E-state index contributed by atoms with van der Waals surface area (Å²) < 4.78 is 5.22. The van der Waals surface area contributed by atoms with Crippen molar-refractivity contribution in [3.63, 3.8) is 0 Å². The van der Waals surface area contributed by atoms with Gasteiger partial charge in [-0.1, -0.05) is 0 Å². The molecule has 1 saturated heterocycles. The zero-order valence-corrected chi connectivity index (χ0v) is 8.87. The molecule has 1 fully saturated rings. The zero-order valence-electron chi connectivity index (χ0n) is 8.87. The van der Waals surface area contributed by atoms with E-state index < -0.39 is 0 Å². The summed E-state index contributed by atoms with van der Waals surface area (Å²) in [4.78, 5) is 13.3. The van der Waals surface area contributed by atoms with Gasteiger partial charge in [0.1, 0.15) is 0 Å². The van der Waals surface area contributed by atoms with E-state index in [0.29, 0.717) is 13.0 Å². The van der Waals surface area contributed by atoms with Crippen molar-refractivity contribution < 1.29 is 9.53 Å². The number of amides is 1. The van der Waals surface area contributed by atoms with Crippen LogP contribution in [0, 0.1) is 0 Å². The van der Waals surface area contributed by atoms with Gasteiger partial charge in [0.2, 0.25) is 5.91 Å². The van der Waals surface area contributed by atoms with E-state index in [0.717, 1.165) is 32.6 Å². The summed E-state index contributed by atoms with van der Waals surface area (Å²) in [5.41, 5.74) is 5.79. The molecular formula is C10H20N2O2. The van der Waals surface area contributed by atoms with Gasteiger partial charge in [-0.25, -0.2) is 0 Å². The first-order valence-electron chi connectivity index (χ1n) is 5.35. The Labute approximate surface area is 85.4 Å². The van der Waals surface area contributed by atoms with Gasteiger partial charge in [0.25, 0.3) is 0 Å². The maximum absolute atomic E-state index is 11.4. The first-order valence-corrected chi connectivity index (χ1v) is 5.35. The molecule has 14 heavy (non-hydrogen) atoms. The maximum Gasteiger partial charge on any atom is 0.222 e. The van der Waals surface area contributed by atoms with Crippen molar-refractivity contribution in [3.05, 3.63) is 0 Å². The fourth-order valence-corrected chi connectivity index (χ4v) is 1.66. The SMILES string of the molecule is CCOCCCN1CC(N)CCC1=O. The number of rotatable bonds is 5. The molecule has 0 aromatic carbocycles. The van der Waals surface area contributed by atoms with Crippen LogP contribution in [0.25, 0.3) is 0 Å². The average molecular weight is 200 g/mol. The summed E-state index contributed by atoms with van der Waals surface area (Å²) in [7, 11) is 0. The van der Waals surface area contributed by atoms with Gasteiger partial charge < -0.3 is 15.4 Å². The predicted octanol–water partition coefficient (Wildman–Crippen LogP) is 0.363. The van der Waals surface area contributed by atoms with Crippen molar-refractivity contribution in [1.29, 1.82) is 0 Å². The normalized spacial score (nSPS) is 22.9. The average Bonchev–Trinajstić information content (AvgIpc) is 2.18. The third kappa shape index (κ3) is 3.64. The summed E-state index contributed by atoms with van der Waals surface area (Å²) in [5, 5.41) is 0. The van der Waals surface area contributed by atoms with Crippen LogP contribution >= 0.6 is 0 Å².